The summed E-state index contributed by atoms with van der Waals surface area (Å²) in [7, 11) is 1.42. The molecule has 1 N–H and O–H groups in total. The van der Waals surface area contributed by atoms with Crippen molar-refractivity contribution < 1.29 is 17.9 Å². The van der Waals surface area contributed by atoms with E-state index in [9.17, 15) is 13.2 Å². The number of hydrogen-bond donors (Lipinski definition) is 1. The first-order valence-corrected chi connectivity index (χ1v) is 4.83. The van der Waals surface area contributed by atoms with Crippen LogP contribution in [0.15, 0.2) is 18.2 Å². The van der Waals surface area contributed by atoms with Crippen LogP contribution in [0.4, 0.5) is 19.0 Å². The van der Waals surface area contributed by atoms with Crippen LogP contribution in [0.3, 0.4) is 0 Å². The predicted molar refractivity (Wildman–Crippen MR) is 52.4 cm³/mol. The number of ether oxygens (including phenoxy) is 1. The van der Waals surface area contributed by atoms with Crippen molar-refractivity contribution in [3.63, 3.8) is 0 Å². The van der Waals surface area contributed by atoms with Crippen molar-refractivity contribution in [2.45, 2.75) is 24.6 Å². The molecule has 0 amide bonds. The van der Waals surface area contributed by atoms with Gasteiger partial charge in [0.2, 0.25) is 5.88 Å². The van der Waals surface area contributed by atoms with Gasteiger partial charge in [-0.1, -0.05) is 6.07 Å². The summed E-state index contributed by atoms with van der Waals surface area (Å²) in [5.74, 6) is 0.483. The van der Waals surface area contributed by atoms with Gasteiger partial charge in [-0.15, -0.1) is 0 Å². The lowest BCUT2D eigenvalue weighted by atomic mass is 10.2. The van der Waals surface area contributed by atoms with Crippen molar-refractivity contribution in [2.24, 2.45) is 0 Å². The molecule has 1 aliphatic rings. The van der Waals surface area contributed by atoms with Crippen LogP contribution < -0.4 is 10.1 Å². The molecule has 0 spiro atoms. The summed E-state index contributed by atoms with van der Waals surface area (Å²) in [6, 6.07) is 4.67. The van der Waals surface area contributed by atoms with Crippen molar-refractivity contribution in [2.75, 3.05) is 12.4 Å². The number of methoxy groups -OCH3 is 1. The molecular weight excluding hydrogens is 221 g/mol. The molecule has 0 aliphatic heterocycles. The molecule has 0 radical (unpaired) electrons. The fourth-order valence-corrected chi connectivity index (χ4v) is 1.45. The van der Waals surface area contributed by atoms with Gasteiger partial charge in [0.1, 0.15) is 11.4 Å². The van der Waals surface area contributed by atoms with E-state index in [1.165, 1.54) is 13.2 Å². The van der Waals surface area contributed by atoms with Crippen molar-refractivity contribution in [1.29, 1.82) is 0 Å². The second-order valence-electron chi connectivity index (χ2n) is 3.77. The van der Waals surface area contributed by atoms with E-state index in [0.29, 0.717) is 5.88 Å². The zero-order valence-electron chi connectivity index (χ0n) is 8.64. The van der Waals surface area contributed by atoms with Crippen LogP contribution in [0.1, 0.15) is 12.8 Å². The molecule has 0 bridgehead atoms. The van der Waals surface area contributed by atoms with Gasteiger partial charge >= 0.3 is 6.18 Å². The lowest BCUT2D eigenvalue weighted by Crippen LogP contribution is -2.38. The largest absolute Gasteiger partial charge is 0.481 e. The Balaban J connectivity index is 2.15. The van der Waals surface area contributed by atoms with E-state index in [1.54, 1.807) is 12.1 Å². The van der Waals surface area contributed by atoms with E-state index >= 15 is 0 Å². The van der Waals surface area contributed by atoms with Crippen molar-refractivity contribution in [3.8, 4) is 5.88 Å². The molecule has 0 aromatic carbocycles. The van der Waals surface area contributed by atoms with Crippen molar-refractivity contribution in [3.05, 3.63) is 18.2 Å². The Morgan fingerprint density at radius 1 is 1.38 bits per heavy atom. The molecule has 1 fully saturated rings. The molecular formula is C10H11F3N2O. The number of aromatic nitrogens is 1. The first-order chi connectivity index (χ1) is 7.47. The van der Waals surface area contributed by atoms with Crippen LogP contribution in [0, 0.1) is 0 Å². The van der Waals surface area contributed by atoms with Crippen LogP contribution in [0.5, 0.6) is 5.88 Å². The third-order valence-corrected chi connectivity index (χ3v) is 2.59. The van der Waals surface area contributed by atoms with Crippen molar-refractivity contribution in [1.82, 2.24) is 4.98 Å². The summed E-state index contributed by atoms with van der Waals surface area (Å²) in [4.78, 5) is 3.90. The second kappa shape index (κ2) is 3.54. The van der Waals surface area contributed by atoms with Crippen LogP contribution in [-0.4, -0.2) is 23.8 Å². The van der Waals surface area contributed by atoms with E-state index in [4.69, 9.17) is 4.74 Å². The number of nitrogens with one attached hydrogen (secondary N) is 1. The zero-order valence-corrected chi connectivity index (χ0v) is 8.64. The van der Waals surface area contributed by atoms with Gasteiger partial charge < -0.3 is 10.1 Å². The average molecular weight is 232 g/mol. The highest BCUT2D eigenvalue weighted by Crippen LogP contribution is 2.50. The molecule has 0 atom stereocenters. The molecule has 16 heavy (non-hydrogen) atoms. The second-order valence-corrected chi connectivity index (χ2v) is 3.77. The number of nitrogens with zero attached hydrogens (tertiary/aromatic N) is 1. The van der Waals surface area contributed by atoms with Crippen LogP contribution in [-0.2, 0) is 0 Å². The zero-order chi connectivity index (χ0) is 11.8. The lowest BCUT2D eigenvalue weighted by molar-refractivity contribution is -0.151. The average Bonchev–Trinajstić information content (AvgIpc) is 2.98. The fourth-order valence-electron chi connectivity index (χ4n) is 1.45. The molecule has 2 rings (SSSR count). The smallest absolute Gasteiger partial charge is 0.411 e. The monoisotopic (exact) mass is 232 g/mol. The number of hydrogen-bond acceptors (Lipinski definition) is 3. The number of pyridine rings is 1. The summed E-state index contributed by atoms with van der Waals surface area (Å²) in [6.45, 7) is 0. The third kappa shape index (κ3) is 1.91. The third-order valence-electron chi connectivity index (χ3n) is 2.59. The van der Waals surface area contributed by atoms with Crippen LogP contribution in [0.2, 0.25) is 0 Å². The minimum absolute atomic E-state index is 0.0926. The van der Waals surface area contributed by atoms with Gasteiger partial charge in [0.25, 0.3) is 0 Å². The van der Waals surface area contributed by atoms with Gasteiger partial charge in [0.05, 0.1) is 7.11 Å². The molecule has 1 heterocycles. The predicted octanol–water partition coefficient (Wildman–Crippen LogP) is 2.60. The van der Waals surface area contributed by atoms with Gasteiger partial charge in [0, 0.05) is 6.07 Å². The summed E-state index contributed by atoms with van der Waals surface area (Å²) in [5.41, 5.74) is -1.79. The summed E-state index contributed by atoms with van der Waals surface area (Å²) < 4.78 is 42.8. The highest BCUT2D eigenvalue weighted by atomic mass is 19.4. The Bertz CT molecular complexity index is 388. The maximum absolute atomic E-state index is 12.6. The Hall–Kier alpha value is -1.46. The normalized spacial score (nSPS) is 18.0. The number of anilines is 1. The molecule has 0 saturated heterocycles. The molecule has 1 aliphatic carbocycles. The van der Waals surface area contributed by atoms with E-state index in [2.05, 4.69) is 10.3 Å². The van der Waals surface area contributed by atoms with E-state index in [0.717, 1.165) is 0 Å². The maximum Gasteiger partial charge on any atom is 0.411 e. The Morgan fingerprint density at radius 3 is 2.56 bits per heavy atom. The maximum atomic E-state index is 12.6. The standard InChI is InChI=1S/C10H11F3N2O/c1-16-8-4-2-3-7(14-8)15-9(5-6-9)10(11,12)13/h2-4H,5-6H2,1H3,(H,14,15). The highest BCUT2D eigenvalue weighted by Gasteiger charge is 2.63. The molecule has 1 aromatic rings. The Morgan fingerprint density at radius 2 is 2.06 bits per heavy atom. The van der Waals surface area contributed by atoms with E-state index < -0.39 is 11.7 Å². The molecule has 6 heteroatoms. The molecule has 3 nitrogen and oxygen atoms in total. The SMILES string of the molecule is COc1cccc(NC2(C(F)(F)F)CC2)n1. The summed E-state index contributed by atoms with van der Waals surface area (Å²) in [6.07, 6.45) is -4.05. The minimum Gasteiger partial charge on any atom is -0.481 e. The Kier molecular flexibility index (Phi) is 2.44. The van der Waals surface area contributed by atoms with E-state index in [1.807, 2.05) is 0 Å². The molecule has 1 aromatic heterocycles. The first kappa shape index (κ1) is 11.0. The topological polar surface area (TPSA) is 34.1 Å². The Labute approximate surface area is 90.6 Å². The van der Waals surface area contributed by atoms with Crippen molar-refractivity contribution >= 4 is 5.82 Å². The molecule has 0 unspecified atom stereocenters. The number of rotatable bonds is 3. The minimum atomic E-state index is -4.24. The summed E-state index contributed by atoms with van der Waals surface area (Å²) in [5, 5.41) is 2.43. The summed E-state index contributed by atoms with van der Waals surface area (Å²) >= 11 is 0. The van der Waals surface area contributed by atoms with Crippen LogP contribution >= 0.6 is 0 Å². The van der Waals surface area contributed by atoms with Gasteiger partial charge in [-0.05, 0) is 18.9 Å². The molecule has 88 valence electrons. The lowest BCUT2D eigenvalue weighted by Gasteiger charge is -2.21. The van der Waals surface area contributed by atoms with Gasteiger partial charge in [-0.25, -0.2) is 0 Å². The fraction of sp³-hybridized carbons (Fsp3) is 0.500. The quantitative estimate of drug-likeness (QED) is 0.869. The van der Waals surface area contributed by atoms with Gasteiger partial charge in [-0.3, -0.25) is 0 Å². The molecule has 1 saturated carbocycles. The van der Waals surface area contributed by atoms with E-state index in [-0.39, 0.29) is 18.7 Å². The van der Waals surface area contributed by atoms with Crippen LogP contribution in [0.25, 0.3) is 0 Å². The van der Waals surface area contributed by atoms with Gasteiger partial charge in [-0.2, -0.15) is 18.2 Å². The highest BCUT2D eigenvalue weighted by molar-refractivity contribution is 5.43. The number of alkyl halides is 3. The van der Waals surface area contributed by atoms with Gasteiger partial charge in [0.15, 0.2) is 0 Å². The number of halogens is 3. The first-order valence-electron chi connectivity index (χ1n) is 4.83.